The SMILES string of the molecule is O=C(Cc1ccc(-c2ccccc2)cc1)Nc1ccc2c(c1)N(C(=O)C1CCCO1)CC2. The quantitative estimate of drug-likeness (QED) is 0.649. The molecule has 162 valence electrons. The second-order valence-electron chi connectivity index (χ2n) is 8.37. The van der Waals surface area contributed by atoms with Crippen LogP contribution >= 0.6 is 0 Å². The molecule has 0 aliphatic carbocycles. The normalized spacial score (nSPS) is 17.2. The number of benzene rings is 3. The number of hydrogen-bond donors (Lipinski definition) is 1. The van der Waals surface area contributed by atoms with Gasteiger partial charge in [0.1, 0.15) is 6.10 Å². The van der Waals surface area contributed by atoms with Crippen molar-refractivity contribution in [1.29, 1.82) is 0 Å². The molecule has 3 aromatic carbocycles. The van der Waals surface area contributed by atoms with Gasteiger partial charge in [-0.05, 0) is 53.6 Å². The average Bonchev–Trinajstić information content (AvgIpc) is 3.50. The maximum atomic E-state index is 12.8. The van der Waals surface area contributed by atoms with Crippen molar-refractivity contribution in [2.24, 2.45) is 0 Å². The lowest BCUT2D eigenvalue weighted by atomic mass is 10.0. The highest BCUT2D eigenvalue weighted by Gasteiger charge is 2.32. The number of carbonyl (C=O) groups excluding carboxylic acids is 2. The Morgan fingerprint density at radius 1 is 0.969 bits per heavy atom. The number of nitrogens with one attached hydrogen (secondary N) is 1. The number of rotatable bonds is 5. The summed E-state index contributed by atoms with van der Waals surface area (Å²) in [5.74, 6) is -0.0457. The Labute approximate surface area is 188 Å². The zero-order valence-electron chi connectivity index (χ0n) is 17.9. The van der Waals surface area contributed by atoms with Crippen LogP contribution in [0.1, 0.15) is 24.0 Å². The van der Waals surface area contributed by atoms with Crippen LogP contribution in [-0.2, 0) is 27.2 Å². The van der Waals surface area contributed by atoms with Crippen LogP contribution in [0.25, 0.3) is 11.1 Å². The van der Waals surface area contributed by atoms with Gasteiger partial charge in [0.25, 0.3) is 5.91 Å². The standard InChI is InChI=1S/C27H26N2O3/c30-26(17-19-8-10-21(11-9-19)20-5-2-1-3-6-20)28-23-13-12-22-14-15-29(24(22)18-23)27(31)25-7-4-16-32-25/h1-3,5-6,8-13,18,25H,4,7,14-17H2,(H,28,30). The Kier molecular flexibility index (Phi) is 5.73. The third kappa shape index (κ3) is 4.30. The summed E-state index contributed by atoms with van der Waals surface area (Å²) in [5.41, 5.74) is 5.97. The number of hydrogen-bond acceptors (Lipinski definition) is 3. The molecule has 1 saturated heterocycles. The molecule has 0 bridgehead atoms. The summed E-state index contributed by atoms with van der Waals surface area (Å²) < 4.78 is 5.58. The molecule has 5 rings (SSSR count). The van der Waals surface area contributed by atoms with Crippen molar-refractivity contribution in [2.75, 3.05) is 23.4 Å². The van der Waals surface area contributed by atoms with Crippen molar-refractivity contribution in [3.05, 3.63) is 83.9 Å². The van der Waals surface area contributed by atoms with E-state index in [1.165, 1.54) is 0 Å². The molecule has 0 radical (unpaired) electrons. The van der Waals surface area contributed by atoms with Crippen molar-refractivity contribution in [3.63, 3.8) is 0 Å². The highest BCUT2D eigenvalue weighted by Crippen LogP contribution is 2.32. The fraction of sp³-hybridized carbons (Fsp3) is 0.259. The van der Waals surface area contributed by atoms with E-state index in [2.05, 4.69) is 17.4 Å². The average molecular weight is 427 g/mol. The number of fused-ring (bicyclic) bond motifs is 1. The first-order valence-electron chi connectivity index (χ1n) is 11.2. The molecule has 1 fully saturated rings. The van der Waals surface area contributed by atoms with Crippen molar-refractivity contribution in [2.45, 2.75) is 31.8 Å². The summed E-state index contributed by atoms with van der Waals surface area (Å²) in [6.07, 6.45) is 2.50. The van der Waals surface area contributed by atoms with Crippen LogP contribution in [0.15, 0.2) is 72.8 Å². The molecule has 2 amide bonds. The highest BCUT2D eigenvalue weighted by atomic mass is 16.5. The van der Waals surface area contributed by atoms with Crippen LogP contribution in [0.3, 0.4) is 0 Å². The molecule has 5 heteroatoms. The minimum Gasteiger partial charge on any atom is -0.368 e. The molecule has 2 heterocycles. The molecule has 1 N–H and O–H groups in total. The van der Waals surface area contributed by atoms with Gasteiger partial charge < -0.3 is 15.0 Å². The zero-order chi connectivity index (χ0) is 21.9. The number of carbonyl (C=O) groups is 2. The molecular formula is C27H26N2O3. The van der Waals surface area contributed by atoms with Gasteiger partial charge in [-0.1, -0.05) is 60.7 Å². The molecule has 5 nitrogen and oxygen atoms in total. The van der Waals surface area contributed by atoms with Crippen LogP contribution in [0.4, 0.5) is 11.4 Å². The molecule has 3 aromatic rings. The predicted molar refractivity (Wildman–Crippen MR) is 126 cm³/mol. The Hall–Kier alpha value is -3.44. The van der Waals surface area contributed by atoms with Crippen molar-refractivity contribution in [1.82, 2.24) is 0 Å². The molecule has 2 aliphatic rings. The lowest BCUT2D eigenvalue weighted by Gasteiger charge is -2.21. The molecule has 0 saturated carbocycles. The molecule has 1 unspecified atom stereocenters. The third-order valence-corrected chi connectivity index (χ3v) is 6.16. The van der Waals surface area contributed by atoms with Crippen LogP contribution in [0, 0.1) is 0 Å². The molecule has 32 heavy (non-hydrogen) atoms. The van der Waals surface area contributed by atoms with Gasteiger partial charge in [-0.15, -0.1) is 0 Å². The summed E-state index contributed by atoms with van der Waals surface area (Å²) in [5, 5.41) is 2.99. The predicted octanol–water partition coefficient (Wildman–Crippen LogP) is 4.60. The Bertz CT molecular complexity index is 1120. The summed E-state index contributed by atoms with van der Waals surface area (Å²) in [6.45, 7) is 1.32. The Balaban J connectivity index is 1.24. The van der Waals surface area contributed by atoms with Gasteiger partial charge in [-0.3, -0.25) is 9.59 Å². The van der Waals surface area contributed by atoms with E-state index in [0.717, 1.165) is 47.2 Å². The zero-order valence-corrected chi connectivity index (χ0v) is 17.9. The minimum atomic E-state index is -0.335. The van der Waals surface area contributed by atoms with Crippen LogP contribution in [-0.4, -0.2) is 31.1 Å². The molecule has 0 aromatic heterocycles. The number of anilines is 2. The lowest BCUT2D eigenvalue weighted by Crippen LogP contribution is -2.37. The smallest absolute Gasteiger partial charge is 0.256 e. The maximum Gasteiger partial charge on any atom is 0.256 e. The first-order chi connectivity index (χ1) is 15.7. The third-order valence-electron chi connectivity index (χ3n) is 6.16. The fourth-order valence-electron chi connectivity index (χ4n) is 4.47. The van der Waals surface area contributed by atoms with Gasteiger partial charge in [0.2, 0.25) is 5.91 Å². The second kappa shape index (κ2) is 8.97. The number of amides is 2. The van der Waals surface area contributed by atoms with E-state index in [0.29, 0.717) is 25.3 Å². The van der Waals surface area contributed by atoms with Gasteiger partial charge in [0.05, 0.1) is 6.42 Å². The Morgan fingerprint density at radius 2 is 1.75 bits per heavy atom. The largest absolute Gasteiger partial charge is 0.368 e. The Morgan fingerprint density at radius 3 is 2.50 bits per heavy atom. The molecular weight excluding hydrogens is 400 g/mol. The molecule has 1 atom stereocenters. The highest BCUT2D eigenvalue weighted by molar-refractivity contribution is 6.00. The summed E-state index contributed by atoms with van der Waals surface area (Å²) >= 11 is 0. The number of ether oxygens (including phenoxy) is 1. The van der Waals surface area contributed by atoms with E-state index in [9.17, 15) is 9.59 Å². The van der Waals surface area contributed by atoms with Crippen molar-refractivity contribution < 1.29 is 14.3 Å². The van der Waals surface area contributed by atoms with Crippen LogP contribution in [0.5, 0.6) is 0 Å². The van der Waals surface area contributed by atoms with Gasteiger partial charge >= 0.3 is 0 Å². The maximum absolute atomic E-state index is 12.8. The monoisotopic (exact) mass is 426 g/mol. The summed E-state index contributed by atoms with van der Waals surface area (Å²) in [6, 6.07) is 24.1. The topological polar surface area (TPSA) is 58.6 Å². The van der Waals surface area contributed by atoms with E-state index >= 15 is 0 Å². The van der Waals surface area contributed by atoms with E-state index in [-0.39, 0.29) is 17.9 Å². The van der Waals surface area contributed by atoms with E-state index in [1.54, 1.807) is 0 Å². The van der Waals surface area contributed by atoms with Crippen LogP contribution in [0.2, 0.25) is 0 Å². The van der Waals surface area contributed by atoms with Gasteiger partial charge in [0.15, 0.2) is 0 Å². The fourth-order valence-corrected chi connectivity index (χ4v) is 4.47. The van der Waals surface area contributed by atoms with E-state index in [4.69, 9.17) is 4.74 Å². The second-order valence-corrected chi connectivity index (χ2v) is 8.37. The van der Waals surface area contributed by atoms with E-state index in [1.807, 2.05) is 65.6 Å². The molecule has 2 aliphatic heterocycles. The van der Waals surface area contributed by atoms with Gasteiger partial charge in [0, 0.05) is 24.5 Å². The summed E-state index contributed by atoms with van der Waals surface area (Å²) in [7, 11) is 0. The van der Waals surface area contributed by atoms with Gasteiger partial charge in [-0.25, -0.2) is 0 Å². The first kappa shape index (κ1) is 20.5. The van der Waals surface area contributed by atoms with E-state index < -0.39 is 0 Å². The molecule has 0 spiro atoms. The first-order valence-corrected chi connectivity index (χ1v) is 11.2. The minimum absolute atomic E-state index is 0.0308. The van der Waals surface area contributed by atoms with Crippen molar-refractivity contribution in [3.8, 4) is 11.1 Å². The van der Waals surface area contributed by atoms with Crippen LogP contribution < -0.4 is 10.2 Å². The number of nitrogens with zero attached hydrogens (tertiary/aromatic N) is 1. The van der Waals surface area contributed by atoms with Crippen molar-refractivity contribution >= 4 is 23.2 Å². The lowest BCUT2D eigenvalue weighted by molar-refractivity contribution is -0.127. The van der Waals surface area contributed by atoms with Gasteiger partial charge in [-0.2, -0.15) is 0 Å². The summed E-state index contributed by atoms with van der Waals surface area (Å²) in [4.78, 5) is 27.3.